The van der Waals surface area contributed by atoms with Crippen molar-refractivity contribution in [2.75, 3.05) is 5.75 Å². The maximum Gasteiger partial charge on any atom is 0.114 e. The van der Waals surface area contributed by atoms with Crippen molar-refractivity contribution in [1.82, 2.24) is 9.97 Å². The minimum atomic E-state index is 0.148. The van der Waals surface area contributed by atoms with Gasteiger partial charge in [0.25, 0.3) is 0 Å². The standard InChI is InChI=1S/C10H17N3S/c1-10(2,3)8(11)7-14-9-6-12-4-5-13-9/h4-6,8H,7,11H2,1-3H3. The molecule has 1 heterocycles. The Morgan fingerprint density at radius 1 is 1.43 bits per heavy atom. The molecular weight excluding hydrogens is 194 g/mol. The number of thioether (sulfide) groups is 1. The summed E-state index contributed by atoms with van der Waals surface area (Å²) in [6.45, 7) is 6.44. The van der Waals surface area contributed by atoms with Crippen LogP contribution in [0.4, 0.5) is 0 Å². The summed E-state index contributed by atoms with van der Waals surface area (Å²) in [6, 6.07) is 0.175. The Morgan fingerprint density at radius 3 is 2.64 bits per heavy atom. The Bertz CT molecular complexity index is 268. The summed E-state index contributed by atoms with van der Waals surface area (Å²) in [5.74, 6) is 0.877. The molecular formula is C10H17N3S. The molecule has 4 heteroatoms. The Balaban J connectivity index is 2.42. The molecule has 1 aromatic heterocycles. The SMILES string of the molecule is CC(C)(C)C(N)CSc1cnccn1. The molecule has 1 unspecified atom stereocenters. The molecule has 0 aliphatic heterocycles. The van der Waals surface area contributed by atoms with E-state index in [-0.39, 0.29) is 11.5 Å². The van der Waals surface area contributed by atoms with Gasteiger partial charge in [0.05, 0.1) is 6.20 Å². The van der Waals surface area contributed by atoms with Crippen molar-refractivity contribution in [3.05, 3.63) is 18.6 Å². The van der Waals surface area contributed by atoms with Gasteiger partial charge in [-0.1, -0.05) is 20.8 Å². The van der Waals surface area contributed by atoms with E-state index in [0.717, 1.165) is 10.8 Å². The molecule has 2 N–H and O–H groups in total. The van der Waals surface area contributed by atoms with Gasteiger partial charge in [-0.25, -0.2) is 4.98 Å². The predicted molar refractivity (Wildman–Crippen MR) is 60.2 cm³/mol. The maximum absolute atomic E-state index is 6.03. The lowest BCUT2D eigenvalue weighted by molar-refractivity contribution is 0.344. The summed E-state index contributed by atoms with van der Waals surface area (Å²) in [4.78, 5) is 8.18. The van der Waals surface area contributed by atoms with Gasteiger partial charge in [-0.2, -0.15) is 0 Å². The molecule has 1 rings (SSSR count). The Morgan fingerprint density at radius 2 is 2.14 bits per heavy atom. The van der Waals surface area contributed by atoms with Crippen molar-refractivity contribution in [2.45, 2.75) is 31.8 Å². The van der Waals surface area contributed by atoms with E-state index in [1.807, 2.05) is 0 Å². The summed E-state index contributed by atoms with van der Waals surface area (Å²) in [5, 5.41) is 0.937. The van der Waals surface area contributed by atoms with Crippen molar-refractivity contribution in [1.29, 1.82) is 0 Å². The van der Waals surface area contributed by atoms with Crippen molar-refractivity contribution < 1.29 is 0 Å². The second-order valence-corrected chi connectivity index (χ2v) is 5.37. The zero-order chi connectivity index (χ0) is 10.6. The first-order valence-corrected chi connectivity index (χ1v) is 5.63. The third kappa shape index (κ3) is 3.64. The van der Waals surface area contributed by atoms with E-state index in [1.165, 1.54) is 0 Å². The van der Waals surface area contributed by atoms with E-state index in [0.29, 0.717) is 0 Å². The lowest BCUT2D eigenvalue weighted by atomic mass is 9.89. The normalized spacial score (nSPS) is 14.0. The maximum atomic E-state index is 6.03. The topological polar surface area (TPSA) is 51.8 Å². The molecule has 1 aromatic rings. The van der Waals surface area contributed by atoms with Crippen LogP contribution >= 0.6 is 11.8 Å². The molecule has 3 nitrogen and oxygen atoms in total. The van der Waals surface area contributed by atoms with E-state index in [9.17, 15) is 0 Å². The summed E-state index contributed by atoms with van der Waals surface area (Å²) in [5.41, 5.74) is 6.18. The van der Waals surface area contributed by atoms with Crippen LogP contribution in [0.1, 0.15) is 20.8 Å². The third-order valence-corrected chi connectivity index (χ3v) is 3.09. The third-order valence-electron chi connectivity index (χ3n) is 2.06. The van der Waals surface area contributed by atoms with Gasteiger partial charge in [0.1, 0.15) is 5.03 Å². The van der Waals surface area contributed by atoms with Crippen molar-refractivity contribution in [3.8, 4) is 0 Å². The average molecular weight is 211 g/mol. The molecule has 0 aliphatic carbocycles. The number of rotatable bonds is 3. The number of hydrogen-bond acceptors (Lipinski definition) is 4. The van der Waals surface area contributed by atoms with Gasteiger partial charge in [0, 0.05) is 24.2 Å². The summed E-state index contributed by atoms with van der Waals surface area (Å²) >= 11 is 1.66. The van der Waals surface area contributed by atoms with Crippen LogP contribution in [-0.4, -0.2) is 21.8 Å². The van der Waals surface area contributed by atoms with Gasteiger partial charge in [-0.3, -0.25) is 4.98 Å². The first-order chi connectivity index (χ1) is 6.50. The number of hydrogen-bond donors (Lipinski definition) is 1. The van der Waals surface area contributed by atoms with Gasteiger partial charge in [-0.05, 0) is 5.41 Å². The molecule has 0 fully saturated rings. The lowest BCUT2D eigenvalue weighted by Gasteiger charge is -2.26. The molecule has 78 valence electrons. The minimum absolute atomic E-state index is 0.148. The highest BCUT2D eigenvalue weighted by molar-refractivity contribution is 7.99. The number of aromatic nitrogens is 2. The van der Waals surface area contributed by atoms with Crippen LogP contribution in [0.5, 0.6) is 0 Å². The van der Waals surface area contributed by atoms with Crippen LogP contribution in [-0.2, 0) is 0 Å². The Hall–Kier alpha value is -0.610. The van der Waals surface area contributed by atoms with Crippen LogP contribution in [0, 0.1) is 5.41 Å². The van der Waals surface area contributed by atoms with Gasteiger partial charge in [-0.15, -0.1) is 11.8 Å². The summed E-state index contributed by atoms with van der Waals surface area (Å²) < 4.78 is 0. The fourth-order valence-corrected chi connectivity index (χ4v) is 1.91. The minimum Gasteiger partial charge on any atom is -0.326 e. The van der Waals surface area contributed by atoms with E-state index >= 15 is 0 Å². The molecule has 0 amide bonds. The molecule has 0 radical (unpaired) electrons. The smallest absolute Gasteiger partial charge is 0.114 e. The van der Waals surface area contributed by atoms with Crippen molar-refractivity contribution >= 4 is 11.8 Å². The fraction of sp³-hybridized carbons (Fsp3) is 0.600. The van der Waals surface area contributed by atoms with Crippen molar-refractivity contribution in [3.63, 3.8) is 0 Å². The molecule has 14 heavy (non-hydrogen) atoms. The highest BCUT2D eigenvalue weighted by Gasteiger charge is 2.20. The molecule has 0 saturated heterocycles. The molecule has 0 aliphatic rings. The average Bonchev–Trinajstić information content (AvgIpc) is 2.14. The monoisotopic (exact) mass is 211 g/mol. The second-order valence-electron chi connectivity index (χ2n) is 4.33. The van der Waals surface area contributed by atoms with Crippen LogP contribution in [0.15, 0.2) is 23.6 Å². The lowest BCUT2D eigenvalue weighted by Crippen LogP contribution is -2.37. The molecule has 1 atom stereocenters. The van der Waals surface area contributed by atoms with Gasteiger partial charge in [0.2, 0.25) is 0 Å². The summed E-state index contributed by atoms with van der Waals surface area (Å²) in [6.07, 6.45) is 5.14. The number of nitrogens with two attached hydrogens (primary N) is 1. The number of nitrogens with zero attached hydrogens (tertiary/aromatic N) is 2. The predicted octanol–water partition coefficient (Wildman–Crippen LogP) is 1.94. The molecule has 0 aromatic carbocycles. The van der Waals surface area contributed by atoms with Gasteiger partial charge in [0.15, 0.2) is 0 Å². The quantitative estimate of drug-likeness (QED) is 0.776. The molecule has 0 saturated carbocycles. The molecule has 0 spiro atoms. The molecule has 0 bridgehead atoms. The highest BCUT2D eigenvalue weighted by atomic mass is 32.2. The van der Waals surface area contributed by atoms with Crippen LogP contribution in [0.3, 0.4) is 0 Å². The first kappa shape index (κ1) is 11.5. The zero-order valence-electron chi connectivity index (χ0n) is 8.90. The first-order valence-electron chi connectivity index (χ1n) is 4.64. The van der Waals surface area contributed by atoms with Crippen molar-refractivity contribution in [2.24, 2.45) is 11.1 Å². The van der Waals surface area contributed by atoms with Crippen LogP contribution in [0.2, 0.25) is 0 Å². The Labute approximate surface area is 89.5 Å². The Kier molecular flexibility index (Phi) is 3.89. The van der Waals surface area contributed by atoms with E-state index in [1.54, 1.807) is 30.4 Å². The second kappa shape index (κ2) is 4.75. The largest absolute Gasteiger partial charge is 0.326 e. The van der Waals surface area contributed by atoms with Gasteiger partial charge < -0.3 is 5.73 Å². The summed E-state index contributed by atoms with van der Waals surface area (Å²) in [7, 11) is 0. The highest BCUT2D eigenvalue weighted by Crippen LogP contribution is 2.23. The van der Waals surface area contributed by atoms with Gasteiger partial charge >= 0.3 is 0 Å². The van der Waals surface area contributed by atoms with E-state index in [2.05, 4.69) is 30.7 Å². The van der Waals surface area contributed by atoms with E-state index < -0.39 is 0 Å². The van der Waals surface area contributed by atoms with Crippen LogP contribution in [0.25, 0.3) is 0 Å². The fourth-order valence-electron chi connectivity index (χ4n) is 0.785. The van der Waals surface area contributed by atoms with Crippen LogP contribution < -0.4 is 5.73 Å². The zero-order valence-corrected chi connectivity index (χ0v) is 9.71. The van der Waals surface area contributed by atoms with E-state index in [4.69, 9.17) is 5.73 Å².